The molecule has 5 unspecified atom stereocenters. The Bertz CT molecular complexity index is 954. The van der Waals surface area contributed by atoms with Crippen LogP contribution in [0.1, 0.15) is 64.2 Å². The molecule has 0 bridgehead atoms. The van der Waals surface area contributed by atoms with Gasteiger partial charge in [-0.25, -0.2) is 4.79 Å². The molecule has 11 heteroatoms. The molecule has 0 spiro atoms. The summed E-state index contributed by atoms with van der Waals surface area (Å²) in [6.45, 7) is 8.39. The van der Waals surface area contributed by atoms with Crippen molar-refractivity contribution in [2.75, 3.05) is 13.7 Å². The highest BCUT2D eigenvalue weighted by atomic mass is 16.4. The van der Waals surface area contributed by atoms with Gasteiger partial charge in [0.15, 0.2) is 0 Å². The van der Waals surface area contributed by atoms with Crippen LogP contribution in [-0.4, -0.2) is 82.5 Å². The Kier molecular flexibility index (Phi) is 13.5. The number of carboxylic acids is 1. The first kappa shape index (κ1) is 32.6. The summed E-state index contributed by atoms with van der Waals surface area (Å²) in [7, 11) is 1.43. The van der Waals surface area contributed by atoms with Crippen LogP contribution in [0.25, 0.3) is 0 Å². The summed E-state index contributed by atoms with van der Waals surface area (Å²) in [5.74, 6) is -3.77. The largest absolute Gasteiger partial charge is 0.480 e. The minimum absolute atomic E-state index is 0.0138. The maximum absolute atomic E-state index is 13.2. The molecule has 5 atom stereocenters. The number of likely N-dealkylation sites (N-methyl/N-ethyl adjacent to an activating group) is 1. The molecule has 0 aromatic heterocycles. The molecule has 0 heterocycles. The number of nitrogens with one attached hydrogen (secondary N) is 3. The minimum atomic E-state index is -1.15. The number of carboxylic acid groups (broad SMARTS) is 1. The topological polar surface area (TPSA) is 165 Å². The average Bonchev–Trinajstić information content (AvgIpc) is 2.88. The molecular weight excluding hydrogens is 492 g/mol. The summed E-state index contributed by atoms with van der Waals surface area (Å²) in [6, 6.07) is 4.06. The zero-order chi connectivity index (χ0) is 29.0. The lowest BCUT2D eigenvalue weighted by atomic mass is 9.97. The van der Waals surface area contributed by atoms with Crippen LogP contribution in [0.3, 0.4) is 0 Å². The Morgan fingerprint density at radius 2 is 1.53 bits per heavy atom. The van der Waals surface area contributed by atoms with E-state index in [1.807, 2.05) is 20.8 Å². The van der Waals surface area contributed by atoms with Crippen LogP contribution in [0.2, 0.25) is 0 Å². The lowest BCUT2D eigenvalue weighted by molar-refractivity contribution is -0.146. The summed E-state index contributed by atoms with van der Waals surface area (Å²) in [5, 5.41) is 26.6. The molecule has 0 aliphatic carbocycles. The quantitative estimate of drug-likeness (QED) is 0.225. The monoisotopic (exact) mass is 534 g/mol. The van der Waals surface area contributed by atoms with Crippen molar-refractivity contribution in [3.05, 3.63) is 35.9 Å². The predicted octanol–water partition coefficient (Wildman–Crippen LogP) is 1.16. The summed E-state index contributed by atoms with van der Waals surface area (Å²) in [6.07, 6.45) is 0.757. The van der Waals surface area contributed by atoms with Crippen molar-refractivity contribution in [3.63, 3.8) is 0 Å². The summed E-state index contributed by atoms with van der Waals surface area (Å²) < 4.78 is 0. The van der Waals surface area contributed by atoms with Crippen LogP contribution in [0.5, 0.6) is 0 Å². The molecule has 0 aliphatic rings. The third-order valence-corrected chi connectivity index (χ3v) is 6.39. The highest BCUT2D eigenvalue weighted by Gasteiger charge is 2.35. The lowest BCUT2D eigenvalue weighted by Crippen LogP contribution is -2.58. The zero-order valence-corrected chi connectivity index (χ0v) is 23.1. The molecule has 38 heavy (non-hydrogen) atoms. The van der Waals surface area contributed by atoms with Crippen LogP contribution in [-0.2, 0) is 19.2 Å². The molecule has 0 fully saturated rings. The minimum Gasteiger partial charge on any atom is -0.480 e. The van der Waals surface area contributed by atoms with Crippen LogP contribution < -0.4 is 16.0 Å². The van der Waals surface area contributed by atoms with E-state index in [0.29, 0.717) is 12.0 Å². The van der Waals surface area contributed by atoms with E-state index < -0.39 is 53.8 Å². The van der Waals surface area contributed by atoms with Gasteiger partial charge in [0.25, 0.3) is 5.91 Å². The fraction of sp³-hybridized carbons (Fsp3) is 0.593. The molecule has 0 radical (unpaired) electrons. The Labute approximate surface area is 224 Å². The van der Waals surface area contributed by atoms with Crippen LogP contribution >= 0.6 is 0 Å². The Balaban J connectivity index is 2.98. The van der Waals surface area contributed by atoms with E-state index in [2.05, 4.69) is 16.0 Å². The van der Waals surface area contributed by atoms with Crippen molar-refractivity contribution in [1.29, 1.82) is 0 Å². The number of nitrogens with zero attached hydrogens (tertiary/aromatic N) is 1. The Hall–Kier alpha value is -3.47. The highest BCUT2D eigenvalue weighted by molar-refractivity contribution is 5.98. The fourth-order valence-electron chi connectivity index (χ4n) is 3.88. The normalized spacial score (nSPS) is 14.9. The molecule has 212 valence electrons. The van der Waals surface area contributed by atoms with Crippen molar-refractivity contribution in [3.8, 4) is 0 Å². The first-order valence-electron chi connectivity index (χ1n) is 12.9. The van der Waals surface area contributed by atoms with Crippen LogP contribution in [0, 0.1) is 11.8 Å². The second-order valence-electron chi connectivity index (χ2n) is 9.94. The summed E-state index contributed by atoms with van der Waals surface area (Å²) in [4.78, 5) is 64.7. The van der Waals surface area contributed by atoms with Gasteiger partial charge in [-0.2, -0.15) is 0 Å². The number of hydrogen-bond acceptors (Lipinski definition) is 6. The molecular formula is C27H42N4O7. The molecule has 0 saturated carbocycles. The zero-order valence-electron chi connectivity index (χ0n) is 23.1. The molecule has 5 N–H and O–H groups in total. The summed E-state index contributed by atoms with van der Waals surface area (Å²) in [5.41, 5.74) is 0.340. The van der Waals surface area contributed by atoms with Gasteiger partial charge in [0, 0.05) is 19.2 Å². The van der Waals surface area contributed by atoms with Crippen molar-refractivity contribution in [2.24, 2.45) is 11.8 Å². The first-order chi connectivity index (χ1) is 17.8. The molecule has 0 saturated heterocycles. The van der Waals surface area contributed by atoms with E-state index >= 15 is 0 Å². The van der Waals surface area contributed by atoms with Crippen molar-refractivity contribution < 1.29 is 34.2 Å². The summed E-state index contributed by atoms with van der Waals surface area (Å²) >= 11 is 0. The number of aliphatic carboxylic acids is 1. The van der Waals surface area contributed by atoms with Gasteiger partial charge in [0.1, 0.15) is 24.2 Å². The third kappa shape index (κ3) is 9.77. The number of hydrogen-bond donors (Lipinski definition) is 5. The maximum Gasteiger partial charge on any atom is 0.326 e. The molecule has 1 aromatic rings. The molecule has 0 aliphatic heterocycles. The van der Waals surface area contributed by atoms with Crippen molar-refractivity contribution >= 4 is 29.6 Å². The van der Waals surface area contributed by atoms with E-state index in [0.717, 1.165) is 0 Å². The maximum atomic E-state index is 13.2. The fourth-order valence-corrected chi connectivity index (χ4v) is 3.88. The number of amides is 4. The van der Waals surface area contributed by atoms with E-state index in [4.69, 9.17) is 0 Å². The van der Waals surface area contributed by atoms with Gasteiger partial charge in [-0.15, -0.1) is 0 Å². The molecule has 4 amide bonds. The number of aliphatic hydroxyl groups excluding tert-OH is 1. The molecule has 1 rings (SSSR count). The second-order valence-corrected chi connectivity index (χ2v) is 9.94. The molecule has 1 aromatic carbocycles. The van der Waals surface area contributed by atoms with Gasteiger partial charge >= 0.3 is 5.97 Å². The first-order valence-corrected chi connectivity index (χ1v) is 12.9. The SMILES string of the molecule is CCC(C)C(NC(=O)C(CC(C)C)N(C)C(=O)C(C)NC(=O)C(CCO)NC(=O)c1ccccc1)C(=O)O. The number of benzene rings is 1. The number of rotatable bonds is 15. The van der Waals surface area contributed by atoms with Gasteiger partial charge < -0.3 is 31.1 Å². The van der Waals surface area contributed by atoms with Gasteiger partial charge in [0.05, 0.1) is 0 Å². The van der Waals surface area contributed by atoms with Gasteiger partial charge in [0.2, 0.25) is 17.7 Å². The van der Waals surface area contributed by atoms with E-state index in [9.17, 15) is 34.2 Å². The molecule has 11 nitrogen and oxygen atoms in total. The van der Waals surface area contributed by atoms with Crippen molar-refractivity contribution in [1.82, 2.24) is 20.9 Å². The van der Waals surface area contributed by atoms with E-state index in [-0.39, 0.29) is 31.3 Å². The predicted molar refractivity (Wildman–Crippen MR) is 142 cm³/mol. The number of carbonyl (C=O) groups is 5. The highest BCUT2D eigenvalue weighted by Crippen LogP contribution is 2.15. The van der Waals surface area contributed by atoms with Crippen molar-refractivity contribution in [2.45, 2.75) is 78.0 Å². The number of aliphatic hydroxyl groups is 1. The van der Waals surface area contributed by atoms with E-state index in [1.54, 1.807) is 37.3 Å². The third-order valence-electron chi connectivity index (χ3n) is 6.39. The standard InChI is InChI=1S/C27H42N4O7/c1-7-17(4)22(27(37)38)30-25(35)21(15-16(2)3)31(6)26(36)18(5)28-24(34)20(13-14-32)29-23(33)19-11-9-8-10-12-19/h8-12,16-18,20-22,32H,7,13-15H2,1-6H3,(H,28,34)(H,29,33)(H,30,35)(H,37,38). The lowest BCUT2D eigenvalue weighted by Gasteiger charge is -2.32. The van der Waals surface area contributed by atoms with Gasteiger partial charge in [-0.1, -0.05) is 52.3 Å². The Morgan fingerprint density at radius 1 is 0.921 bits per heavy atom. The number of carbonyl (C=O) groups excluding carboxylic acids is 4. The second kappa shape index (κ2) is 15.7. The smallest absolute Gasteiger partial charge is 0.326 e. The van der Waals surface area contributed by atoms with E-state index in [1.165, 1.54) is 18.9 Å². The average molecular weight is 535 g/mol. The van der Waals surface area contributed by atoms with Gasteiger partial charge in [-0.05, 0) is 43.7 Å². The Morgan fingerprint density at radius 3 is 2.03 bits per heavy atom. The van der Waals surface area contributed by atoms with Gasteiger partial charge in [-0.3, -0.25) is 19.2 Å². The van der Waals surface area contributed by atoms with Crippen LogP contribution in [0.15, 0.2) is 30.3 Å². The van der Waals surface area contributed by atoms with Crippen LogP contribution in [0.4, 0.5) is 0 Å².